The second kappa shape index (κ2) is 3.72. The van der Waals surface area contributed by atoms with E-state index in [-0.39, 0.29) is 0 Å². The summed E-state index contributed by atoms with van der Waals surface area (Å²) in [4.78, 5) is 4.43. The minimum Gasteiger partial charge on any atom is -0.402 e. The Balaban J connectivity index is 2.70. The van der Waals surface area contributed by atoms with E-state index >= 15 is 0 Å². The van der Waals surface area contributed by atoms with Crippen LogP contribution in [-0.2, 0) is 6.42 Å². The molecule has 0 aliphatic carbocycles. The minimum atomic E-state index is 0.501. The van der Waals surface area contributed by atoms with E-state index in [1.165, 1.54) is 0 Å². The van der Waals surface area contributed by atoms with Crippen LogP contribution in [0.3, 0.4) is 0 Å². The maximum absolute atomic E-state index is 5.48. The molecule has 0 aliphatic rings. The molecule has 0 atom stereocenters. The molecule has 1 rings (SSSR count). The molecule has 0 saturated heterocycles. The fourth-order valence-corrected chi connectivity index (χ4v) is 1.87. The van der Waals surface area contributed by atoms with Crippen molar-refractivity contribution in [3.05, 3.63) is 28.4 Å². The maximum atomic E-state index is 5.48. The number of nitrogens with zero attached hydrogens (tertiary/aromatic N) is 1. The molecule has 0 aliphatic heterocycles. The lowest BCUT2D eigenvalue weighted by Crippen LogP contribution is -1.99. The monoisotopic (exact) mass is 182 g/mol. The van der Waals surface area contributed by atoms with Crippen molar-refractivity contribution in [1.29, 1.82) is 0 Å². The van der Waals surface area contributed by atoms with Gasteiger partial charge in [0, 0.05) is 17.5 Å². The largest absolute Gasteiger partial charge is 0.402 e. The summed E-state index contributed by atoms with van der Waals surface area (Å²) in [5.41, 5.74) is 7.31. The van der Waals surface area contributed by atoms with E-state index in [4.69, 9.17) is 5.73 Å². The summed E-state index contributed by atoms with van der Waals surface area (Å²) in [7, 11) is 0. The van der Waals surface area contributed by atoms with Crippen LogP contribution >= 0.6 is 11.3 Å². The van der Waals surface area contributed by atoms with E-state index in [1.807, 2.05) is 0 Å². The zero-order valence-corrected chi connectivity index (χ0v) is 8.32. The van der Waals surface area contributed by atoms with Gasteiger partial charge in [-0.15, -0.1) is 11.3 Å². The fourth-order valence-electron chi connectivity index (χ4n) is 0.866. The van der Waals surface area contributed by atoms with Crippen LogP contribution in [0.15, 0.2) is 17.7 Å². The van der Waals surface area contributed by atoms with Gasteiger partial charge in [0.05, 0.1) is 10.7 Å². The standard InChI is InChI=1S/C9H14N2S/c1-6(2)8-5-12-9(11-8)4-7(3)10/h5-6H,3-4,10H2,1-2H3. The summed E-state index contributed by atoms with van der Waals surface area (Å²) in [6, 6.07) is 0. The van der Waals surface area contributed by atoms with Gasteiger partial charge >= 0.3 is 0 Å². The highest BCUT2D eigenvalue weighted by molar-refractivity contribution is 7.09. The van der Waals surface area contributed by atoms with Crippen molar-refractivity contribution >= 4 is 11.3 Å². The molecule has 0 radical (unpaired) electrons. The van der Waals surface area contributed by atoms with E-state index < -0.39 is 0 Å². The average Bonchev–Trinajstić information content (AvgIpc) is 2.34. The molecular formula is C9H14N2S. The zero-order valence-electron chi connectivity index (χ0n) is 7.50. The van der Waals surface area contributed by atoms with Crippen LogP contribution in [0, 0.1) is 0 Å². The van der Waals surface area contributed by atoms with Crippen molar-refractivity contribution in [1.82, 2.24) is 4.98 Å². The average molecular weight is 182 g/mol. The Labute approximate surface area is 77.1 Å². The van der Waals surface area contributed by atoms with Crippen LogP contribution < -0.4 is 5.73 Å². The SMILES string of the molecule is C=C(N)Cc1nc(C(C)C)cs1. The molecule has 0 unspecified atom stereocenters. The van der Waals surface area contributed by atoms with Gasteiger partial charge in [-0.2, -0.15) is 0 Å². The summed E-state index contributed by atoms with van der Waals surface area (Å²) in [5, 5.41) is 3.15. The molecule has 66 valence electrons. The topological polar surface area (TPSA) is 38.9 Å². The lowest BCUT2D eigenvalue weighted by Gasteiger charge is -1.97. The summed E-state index contributed by atoms with van der Waals surface area (Å²) in [5.74, 6) is 0.501. The quantitative estimate of drug-likeness (QED) is 0.779. The molecule has 3 heteroatoms. The van der Waals surface area contributed by atoms with Gasteiger partial charge in [-0.25, -0.2) is 4.98 Å². The Morgan fingerprint density at radius 2 is 2.42 bits per heavy atom. The van der Waals surface area contributed by atoms with Crippen LogP contribution in [0.4, 0.5) is 0 Å². The Bertz CT molecular complexity index is 276. The molecular weight excluding hydrogens is 168 g/mol. The first-order valence-corrected chi connectivity index (χ1v) is 4.85. The van der Waals surface area contributed by atoms with Gasteiger partial charge < -0.3 is 5.73 Å². The molecule has 12 heavy (non-hydrogen) atoms. The Morgan fingerprint density at radius 3 is 2.83 bits per heavy atom. The first kappa shape index (κ1) is 9.26. The minimum absolute atomic E-state index is 0.501. The molecule has 0 bridgehead atoms. The third kappa shape index (κ3) is 2.34. The summed E-state index contributed by atoms with van der Waals surface area (Å²) >= 11 is 1.65. The Hall–Kier alpha value is -0.830. The van der Waals surface area contributed by atoms with Crippen molar-refractivity contribution in [3.8, 4) is 0 Å². The number of hydrogen-bond donors (Lipinski definition) is 1. The third-order valence-corrected chi connectivity index (χ3v) is 2.41. The molecule has 0 aromatic carbocycles. The van der Waals surface area contributed by atoms with Crippen molar-refractivity contribution in [2.75, 3.05) is 0 Å². The third-order valence-electron chi connectivity index (χ3n) is 1.54. The Kier molecular flexibility index (Phi) is 2.87. The summed E-state index contributed by atoms with van der Waals surface area (Å²) in [6.45, 7) is 7.92. The Morgan fingerprint density at radius 1 is 1.75 bits per heavy atom. The predicted octanol–water partition coefficient (Wildman–Crippen LogP) is 2.28. The van der Waals surface area contributed by atoms with Crippen LogP contribution in [0.1, 0.15) is 30.5 Å². The van der Waals surface area contributed by atoms with Gasteiger partial charge in [0.1, 0.15) is 0 Å². The van der Waals surface area contributed by atoms with Crippen LogP contribution in [0.25, 0.3) is 0 Å². The summed E-state index contributed by atoms with van der Waals surface area (Å²) in [6.07, 6.45) is 0.706. The van der Waals surface area contributed by atoms with Gasteiger partial charge in [0.2, 0.25) is 0 Å². The summed E-state index contributed by atoms with van der Waals surface area (Å²) < 4.78 is 0. The highest BCUT2D eigenvalue weighted by Crippen LogP contribution is 2.18. The second-order valence-corrected chi connectivity index (χ2v) is 4.10. The highest BCUT2D eigenvalue weighted by Gasteiger charge is 2.04. The first-order chi connectivity index (χ1) is 5.59. The smallest absolute Gasteiger partial charge is 0.0986 e. The molecule has 0 spiro atoms. The van der Waals surface area contributed by atoms with E-state index in [0.29, 0.717) is 18.0 Å². The number of rotatable bonds is 3. The molecule has 1 aromatic heterocycles. The van der Waals surface area contributed by atoms with Gasteiger partial charge in [0.15, 0.2) is 0 Å². The van der Waals surface area contributed by atoms with Crippen molar-refractivity contribution < 1.29 is 0 Å². The number of nitrogens with two attached hydrogens (primary N) is 1. The molecule has 2 N–H and O–H groups in total. The predicted molar refractivity (Wildman–Crippen MR) is 53.2 cm³/mol. The molecule has 1 aromatic rings. The molecule has 1 heterocycles. The zero-order chi connectivity index (χ0) is 9.14. The van der Waals surface area contributed by atoms with Gasteiger partial charge in [-0.1, -0.05) is 20.4 Å². The van der Waals surface area contributed by atoms with Crippen molar-refractivity contribution in [3.63, 3.8) is 0 Å². The van der Waals surface area contributed by atoms with Gasteiger partial charge in [-0.05, 0) is 5.92 Å². The lowest BCUT2D eigenvalue weighted by atomic mass is 10.2. The van der Waals surface area contributed by atoms with Crippen LogP contribution in [0.2, 0.25) is 0 Å². The van der Waals surface area contributed by atoms with Gasteiger partial charge in [-0.3, -0.25) is 0 Å². The second-order valence-electron chi connectivity index (χ2n) is 3.16. The molecule has 2 nitrogen and oxygen atoms in total. The highest BCUT2D eigenvalue weighted by atomic mass is 32.1. The van der Waals surface area contributed by atoms with E-state index in [1.54, 1.807) is 11.3 Å². The van der Waals surface area contributed by atoms with E-state index in [0.717, 1.165) is 10.7 Å². The molecule has 0 amide bonds. The van der Waals surface area contributed by atoms with E-state index in [2.05, 4.69) is 30.8 Å². The van der Waals surface area contributed by atoms with Crippen LogP contribution in [-0.4, -0.2) is 4.98 Å². The molecule has 0 saturated carbocycles. The first-order valence-electron chi connectivity index (χ1n) is 3.97. The lowest BCUT2D eigenvalue weighted by molar-refractivity contribution is 0.824. The normalized spacial score (nSPS) is 10.6. The number of hydrogen-bond acceptors (Lipinski definition) is 3. The van der Waals surface area contributed by atoms with E-state index in [9.17, 15) is 0 Å². The number of allylic oxidation sites excluding steroid dienone is 1. The number of thiazole rings is 1. The molecule has 0 fully saturated rings. The van der Waals surface area contributed by atoms with Gasteiger partial charge in [0.25, 0.3) is 0 Å². The fraction of sp³-hybridized carbons (Fsp3) is 0.444. The number of aromatic nitrogens is 1. The van der Waals surface area contributed by atoms with Crippen molar-refractivity contribution in [2.45, 2.75) is 26.2 Å². The van der Waals surface area contributed by atoms with Crippen LogP contribution in [0.5, 0.6) is 0 Å². The van der Waals surface area contributed by atoms with Crippen molar-refractivity contribution in [2.24, 2.45) is 5.73 Å². The maximum Gasteiger partial charge on any atom is 0.0986 e.